The summed E-state index contributed by atoms with van der Waals surface area (Å²) in [7, 11) is -32.3. The number of benzene rings is 8. The van der Waals surface area contributed by atoms with Crippen molar-refractivity contribution >= 4 is 124 Å². The number of nitrogens with zero attached hydrogens (tertiary/aromatic N) is 2. The molecule has 41 nitrogen and oxygen atoms in total. The van der Waals surface area contributed by atoms with Gasteiger partial charge in [-0.25, -0.2) is 0 Å². The molecule has 51 heteroatoms. The van der Waals surface area contributed by atoms with Crippen LogP contribution in [0.15, 0.2) is 194 Å². The molecule has 7 atom stereocenters. The fourth-order valence-corrected chi connectivity index (χ4v) is 12.2. The van der Waals surface area contributed by atoms with Crippen LogP contribution in [-0.2, 0) is 45.7 Å². The van der Waals surface area contributed by atoms with E-state index in [4.69, 9.17) is 114 Å². The Morgan fingerprint density at radius 1 is 0.301 bits per heavy atom. The zero-order valence-corrected chi connectivity index (χ0v) is 68.4. The van der Waals surface area contributed by atoms with Crippen molar-refractivity contribution in [2.75, 3.05) is 105 Å². The summed E-state index contributed by atoms with van der Waals surface area (Å²) in [6.07, 6.45) is -2.83. The van der Waals surface area contributed by atoms with E-state index in [1.165, 1.54) is 145 Å². The van der Waals surface area contributed by atoms with Gasteiger partial charge in [0, 0.05) is 52.0 Å². The van der Waals surface area contributed by atoms with Crippen LogP contribution in [-0.4, -0.2) is 189 Å². The predicted octanol–water partition coefficient (Wildman–Crippen LogP) is 10.2. The Morgan fingerprint density at radius 2 is 0.522 bits per heavy atom. The number of hydrogen-bond donors (Lipinski definition) is 29. The van der Waals surface area contributed by atoms with E-state index in [0.717, 1.165) is 10.6 Å². The molecule has 0 aromatic heterocycles. The highest BCUT2D eigenvalue weighted by molar-refractivity contribution is 7.53. The number of nitrogens with one attached hydrogen (secondary N) is 6. The standard InChI is InChI=1S/C9H14NO4P.C9H12NO3P.C8H13NO7P2.C8H9NO5P2.2C7H10NO4P.2C7H8NO3P/c1-7(15(12,13)14)6-10-8-2-4-9(11)5-3-8;1-7(14(12)13)6-10-8-2-4-9(11)5-3-8;10-8-3-1-7(2-4-8)9(5-17(11,12)13)6-18(14,15)16;10-8-3-1-7(2-4-8)9(5-15(11)12)6-16(13)14;2*9-7-3-1-6(2-4-7)8-5-13(10,11)12;2*9-7-3-1-6(2-4-7)8-5-12(10)11/h2-5,7,10-11H,6H2,1H3,(H2,12,13,14);2-5,7,10H,6H2,1H3,(H-,11,12,13);1-4,10H,5-6H2,(H2,11,12,13)(H2,14,15,16);1-4H,5-6H2,(H-2,10,11,12,13,14);2*1-4,8-9H,5H2,(H2,10,11,12);2*1-4,8H,5H2,(H-,9,10,11)/p+5. The van der Waals surface area contributed by atoms with E-state index in [0.29, 0.717) is 40.7 Å². The van der Waals surface area contributed by atoms with Gasteiger partial charge in [-0.15, -0.1) is 0 Å². The van der Waals surface area contributed by atoms with Crippen LogP contribution in [0.5, 0.6) is 46.0 Å². The highest BCUT2D eigenvalue weighted by atomic mass is 31.2. The molecule has 8 rings (SSSR count). The van der Waals surface area contributed by atoms with E-state index in [2.05, 4.69) is 31.9 Å². The molecule has 0 heterocycles. The molecule has 0 aliphatic rings. The number of aromatic hydroxyl groups is 8. The van der Waals surface area contributed by atoms with Gasteiger partial charge in [0.1, 0.15) is 71.1 Å². The van der Waals surface area contributed by atoms with E-state index in [1.807, 2.05) is 0 Å². The minimum absolute atomic E-state index is 0.0279. The fraction of sp³-hybridized carbons (Fsp3) is 0.226. The van der Waals surface area contributed by atoms with Gasteiger partial charge in [-0.2, -0.15) is 24.5 Å². The van der Waals surface area contributed by atoms with Gasteiger partial charge in [-0.1, -0.05) is 0 Å². The van der Waals surface area contributed by atoms with E-state index in [-0.39, 0.29) is 89.0 Å². The van der Waals surface area contributed by atoms with Gasteiger partial charge >= 0.3 is 78.1 Å². The molecule has 0 saturated heterocycles. The van der Waals surface area contributed by atoms with Gasteiger partial charge in [0.25, 0.3) is 12.6 Å². The molecule has 7 unspecified atom stereocenters. The lowest BCUT2D eigenvalue weighted by atomic mass is 10.3. The Balaban J connectivity index is 0.000000648. The molecular weight excluding hydrogens is 1690 g/mol. The quantitative estimate of drug-likeness (QED) is 0.0147. The molecule has 0 fully saturated rings. The van der Waals surface area contributed by atoms with Crippen molar-refractivity contribution in [3.63, 3.8) is 0 Å². The van der Waals surface area contributed by atoms with Gasteiger partial charge in [0.2, 0.25) is 18.2 Å². The molecule has 8 aromatic carbocycles. The zero-order valence-electron chi connectivity index (χ0n) is 59.4. The van der Waals surface area contributed by atoms with Crippen molar-refractivity contribution in [2.45, 2.75) is 25.2 Å². The second kappa shape index (κ2) is 52.2. The van der Waals surface area contributed by atoms with Crippen LogP contribution in [0.4, 0.5) is 45.5 Å². The van der Waals surface area contributed by atoms with E-state index in [9.17, 15) is 45.7 Å². The Morgan fingerprint density at radius 3 is 0.735 bits per heavy atom. The maximum absolute atomic E-state index is 10.9. The zero-order chi connectivity index (χ0) is 85.9. The highest BCUT2D eigenvalue weighted by Gasteiger charge is 2.29. The van der Waals surface area contributed by atoms with Gasteiger partial charge in [0.05, 0.1) is 12.2 Å². The van der Waals surface area contributed by atoms with Gasteiger partial charge in [-0.05, 0) is 231 Å². The Bertz CT molecular complexity index is 4250. The van der Waals surface area contributed by atoms with Crippen molar-refractivity contribution in [2.24, 2.45) is 0 Å². The second-order valence-electron chi connectivity index (χ2n) is 22.7. The molecule has 620 valence electrons. The first-order chi connectivity index (χ1) is 52.3. The van der Waals surface area contributed by atoms with Gasteiger partial charge in [-0.3, -0.25) is 27.7 Å². The number of anilines is 8. The average Bonchev–Trinajstić information content (AvgIpc) is 0.840. The minimum Gasteiger partial charge on any atom is -0.508 e. The summed E-state index contributed by atoms with van der Waals surface area (Å²) >= 11 is 0. The van der Waals surface area contributed by atoms with Crippen molar-refractivity contribution in [3.05, 3.63) is 194 Å². The topological polar surface area (TPSA) is 715 Å². The second-order valence-corrected chi connectivity index (χ2v) is 36.8. The summed E-state index contributed by atoms with van der Waals surface area (Å²) < 4.78 is 106. The molecule has 8 aromatic rings. The van der Waals surface area contributed by atoms with Crippen LogP contribution in [0.1, 0.15) is 13.8 Å². The van der Waals surface area contributed by atoms with E-state index < -0.39 is 109 Å². The van der Waals surface area contributed by atoms with Crippen LogP contribution < -0.4 is 41.7 Å². The summed E-state index contributed by atoms with van der Waals surface area (Å²) in [5.41, 5.74) is 3.77. The summed E-state index contributed by atoms with van der Waals surface area (Å²) in [6, 6.07) is 48.2. The number of phenols is 8. The minimum atomic E-state index is -4.47. The Hall–Kier alpha value is -8.39. The fourth-order valence-electron chi connectivity index (χ4n) is 7.39. The molecule has 0 saturated carbocycles. The third kappa shape index (κ3) is 54.9. The number of rotatable bonds is 30. The van der Waals surface area contributed by atoms with Crippen molar-refractivity contribution in [3.8, 4) is 46.0 Å². The van der Waals surface area contributed by atoms with E-state index in [1.54, 1.807) is 67.6 Å². The monoisotopic (exact) mass is 1780 g/mol. The van der Waals surface area contributed by atoms with Gasteiger partial charge < -0.3 is 127 Å². The SMILES string of the molecule is CC(CNc1ccc(O)cc1)P(=O)(O)O.CC(CNc1ccc(O)cc1)[P+](=O)O.O=P(O)(O)CN(CP(=O)(O)O)c1ccc(O)cc1.O=P(O)(O)CNc1ccc(O)cc1.O=P(O)(O)CNc1ccc(O)cc1.O=[P+](O)CN(C[P+](=O)O)c1ccc(O)cc1.O=[P+](O)CNc1ccc(O)cc1.O=[P+](O)CNc1ccc(O)cc1. The van der Waals surface area contributed by atoms with Crippen molar-refractivity contribution in [1.82, 2.24) is 0 Å². The first-order valence-corrected chi connectivity index (χ1v) is 47.3. The lowest BCUT2D eigenvalue weighted by Gasteiger charge is -2.25. The van der Waals surface area contributed by atoms with Crippen LogP contribution in [0.3, 0.4) is 0 Å². The summed E-state index contributed by atoms with van der Waals surface area (Å²) in [5, 5.41) is 88.2. The first kappa shape index (κ1) is 103. The average molecular weight is 1780 g/mol. The summed E-state index contributed by atoms with van der Waals surface area (Å²) in [6.45, 7) is 3.81. The molecule has 29 N–H and O–H groups in total. The third-order valence-electron chi connectivity index (χ3n) is 12.9. The van der Waals surface area contributed by atoms with Crippen molar-refractivity contribution < 1.29 is 160 Å². The molecular formula is C62H89N8O33P10+5. The molecule has 0 bridgehead atoms. The number of hydrogen-bond acceptors (Lipinski definition) is 26. The molecule has 113 heavy (non-hydrogen) atoms. The molecule has 0 spiro atoms. The molecule has 0 amide bonds. The van der Waals surface area contributed by atoms with Crippen LogP contribution in [0, 0.1) is 0 Å². The maximum Gasteiger partial charge on any atom is 0.527 e. The van der Waals surface area contributed by atoms with Gasteiger partial charge in [0.15, 0.2) is 0 Å². The Kier molecular flexibility index (Phi) is 47.4. The molecule has 0 aliphatic carbocycles. The smallest absolute Gasteiger partial charge is 0.508 e. The lowest BCUT2D eigenvalue weighted by Crippen LogP contribution is -2.25. The number of phenolic OH excluding ortho intramolecular Hbond substituents is 8. The summed E-state index contributed by atoms with van der Waals surface area (Å²) in [4.78, 5) is 133. The van der Waals surface area contributed by atoms with Crippen LogP contribution in [0.25, 0.3) is 0 Å². The van der Waals surface area contributed by atoms with Crippen molar-refractivity contribution in [1.29, 1.82) is 0 Å². The predicted molar refractivity (Wildman–Crippen MR) is 428 cm³/mol. The van der Waals surface area contributed by atoms with Crippen LogP contribution >= 0.6 is 78.1 Å². The Labute approximate surface area is 650 Å². The third-order valence-corrected chi connectivity index (χ3v) is 19.7. The summed E-state index contributed by atoms with van der Waals surface area (Å²) in [5.74, 6) is 0.934. The van der Waals surface area contributed by atoms with E-state index >= 15 is 0 Å². The maximum atomic E-state index is 10.9. The normalized spacial score (nSPS) is 12.1. The first-order valence-electron chi connectivity index (χ1n) is 31.5. The molecule has 0 radical (unpaired) electrons. The highest BCUT2D eigenvalue weighted by Crippen LogP contribution is 2.44. The van der Waals surface area contributed by atoms with Crippen LogP contribution in [0.2, 0.25) is 0 Å². The lowest BCUT2D eigenvalue weighted by molar-refractivity contribution is 0.360. The molecule has 0 aliphatic heterocycles. The largest absolute Gasteiger partial charge is 0.527 e.